The van der Waals surface area contributed by atoms with Crippen LogP contribution in [0, 0.1) is 12.7 Å². The number of carbonyl (C=O) groups excluding carboxylic acids is 3. The molecule has 2 atom stereocenters. The molecule has 9 heteroatoms. The van der Waals surface area contributed by atoms with Gasteiger partial charge in [-0.3, -0.25) is 19.3 Å². The van der Waals surface area contributed by atoms with E-state index in [1.807, 2.05) is 6.92 Å². The number of aryl methyl sites for hydroxylation is 1. The zero-order valence-electron chi connectivity index (χ0n) is 19.2. The number of hydrogen-bond acceptors (Lipinski definition) is 7. The molecule has 0 saturated carbocycles. The number of amides is 1. The number of halogens is 1. The molecule has 2 aliphatic heterocycles. The summed E-state index contributed by atoms with van der Waals surface area (Å²) in [4.78, 5) is 44.2. The highest BCUT2D eigenvalue weighted by molar-refractivity contribution is 7.18. The average molecular weight is 493 g/mol. The summed E-state index contributed by atoms with van der Waals surface area (Å²) in [6.45, 7) is 4.93. The Kier molecular flexibility index (Phi) is 5.52. The number of Topliss-reactive ketones (excluding diaryl/α,β-unsaturated/α-hetero) is 2. The number of benzene rings is 2. The van der Waals surface area contributed by atoms with Gasteiger partial charge in [0, 0.05) is 24.5 Å². The van der Waals surface area contributed by atoms with E-state index in [-0.39, 0.29) is 28.2 Å². The zero-order chi connectivity index (χ0) is 25.0. The fourth-order valence-electron chi connectivity index (χ4n) is 4.56. The van der Waals surface area contributed by atoms with Crippen LogP contribution >= 0.6 is 11.3 Å². The van der Waals surface area contributed by atoms with Crippen molar-refractivity contribution in [1.29, 1.82) is 0 Å². The number of ketones is 2. The lowest BCUT2D eigenvalue weighted by Gasteiger charge is -2.23. The molecule has 1 amide bonds. The molecule has 7 nitrogen and oxygen atoms in total. The lowest BCUT2D eigenvalue weighted by atomic mass is 9.94. The molecule has 0 spiro atoms. The molecule has 5 rings (SSSR count). The summed E-state index contributed by atoms with van der Waals surface area (Å²) in [5.74, 6) is -2.53. The predicted molar refractivity (Wildman–Crippen MR) is 128 cm³/mol. The summed E-state index contributed by atoms with van der Waals surface area (Å²) >= 11 is 0.950. The van der Waals surface area contributed by atoms with E-state index >= 15 is 4.39 Å². The monoisotopic (exact) mass is 492 g/mol. The van der Waals surface area contributed by atoms with Crippen molar-refractivity contribution in [3.8, 4) is 5.75 Å². The van der Waals surface area contributed by atoms with Gasteiger partial charge in [-0.15, -0.1) is 0 Å². The van der Waals surface area contributed by atoms with Crippen molar-refractivity contribution >= 4 is 39.7 Å². The molecule has 2 unspecified atom stereocenters. The largest absolute Gasteiger partial charge is 0.507 e. The second kappa shape index (κ2) is 8.42. The number of hydrogen-bond donors (Lipinski definition) is 1. The molecular formula is C26H21FN2O5S. The van der Waals surface area contributed by atoms with Gasteiger partial charge >= 0.3 is 5.91 Å². The first-order valence-corrected chi connectivity index (χ1v) is 11.8. The quantitative estimate of drug-likeness (QED) is 0.245. The van der Waals surface area contributed by atoms with Gasteiger partial charge in [-0.2, -0.15) is 0 Å². The molecule has 3 heterocycles. The number of anilines is 1. The minimum Gasteiger partial charge on any atom is -0.507 e. The number of aliphatic hydroxyl groups is 1. The first kappa shape index (κ1) is 22.9. The van der Waals surface area contributed by atoms with Gasteiger partial charge in [0.2, 0.25) is 0 Å². The van der Waals surface area contributed by atoms with Gasteiger partial charge in [0.1, 0.15) is 29.5 Å². The zero-order valence-corrected chi connectivity index (χ0v) is 20.0. The summed E-state index contributed by atoms with van der Waals surface area (Å²) < 4.78 is 20.7. The summed E-state index contributed by atoms with van der Waals surface area (Å²) in [7, 11) is 0. The van der Waals surface area contributed by atoms with Crippen LogP contribution < -0.4 is 9.64 Å². The van der Waals surface area contributed by atoms with Crippen LogP contribution in [-0.4, -0.2) is 33.7 Å². The first-order chi connectivity index (χ1) is 16.7. The fraction of sp³-hybridized carbons (Fsp3) is 0.231. The molecule has 1 fully saturated rings. The summed E-state index contributed by atoms with van der Waals surface area (Å²) in [6, 6.07) is 9.50. The predicted octanol–water partition coefficient (Wildman–Crippen LogP) is 4.74. The number of ether oxygens (including phenoxy) is 1. The van der Waals surface area contributed by atoms with Gasteiger partial charge in [-0.25, -0.2) is 9.37 Å². The second-order valence-corrected chi connectivity index (χ2v) is 9.59. The third-order valence-corrected chi connectivity index (χ3v) is 7.38. The maximum atomic E-state index is 15.0. The maximum Gasteiger partial charge on any atom is 0.301 e. The van der Waals surface area contributed by atoms with E-state index < -0.39 is 29.3 Å². The van der Waals surface area contributed by atoms with Crippen LogP contribution in [0.2, 0.25) is 0 Å². The van der Waals surface area contributed by atoms with Gasteiger partial charge in [0.25, 0.3) is 5.78 Å². The van der Waals surface area contributed by atoms with Crippen molar-refractivity contribution in [2.75, 3.05) is 4.90 Å². The van der Waals surface area contributed by atoms with Gasteiger partial charge < -0.3 is 9.84 Å². The van der Waals surface area contributed by atoms with E-state index in [1.165, 1.54) is 25.1 Å². The lowest BCUT2D eigenvalue weighted by molar-refractivity contribution is -0.132. The molecule has 3 aromatic rings. The fourth-order valence-corrected chi connectivity index (χ4v) is 5.55. The van der Waals surface area contributed by atoms with Crippen molar-refractivity contribution in [2.24, 2.45) is 0 Å². The Labute approximate surface area is 204 Å². The van der Waals surface area contributed by atoms with Gasteiger partial charge in [0.05, 0.1) is 16.1 Å². The number of fused-ring (bicyclic) bond motifs is 1. The highest BCUT2D eigenvalue weighted by Gasteiger charge is 2.49. The Morgan fingerprint density at radius 1 is 1.23 bits per heavy atom. The Balaban J connectivity index is 1.71. The van der Waals surface area contributed by atoms with Crippen LogP contribution in [0.1, 0.15) is 51.9 Å². The lowest BCUT2D eigenvalue weighted by Crippen LogP contribution is -2.29. The summed E-state index contributed by atoms with van der Waals surface area (Å²) in [5.41, 5.74) is 1.37. The van der Waals surface area contributed by atoms with Crippen LogP contribution in [0.5, 0.6) is 5.75 Å². The summed E-state index contributed by atoms with van der Waals surface area (Å²) in [5, 5.41) is 11.4. The molecule has 0 bridgehead atoms. The van der Waals surface area contributed by atoms with Crippen molar-refractivity contribution in [3.05, 3.63) is 81.1 Å². The number of aliphatic hydroxyl groups excluding tert-OH is 1. The minimum absolute atomic E-state index is 0.0185. The number of carbonyl (C=O) groups is 3. The normalized spacial score (nSPS) is 20.7. The minimum atomic E-state index is -1.26. The van der Waals surface area contributed by atoms with E-state index in [9.17, 15) is 19.5 Å². The van der Waals surface area contributed by atoms with E-state index in [0.717, 1.165) is 21.8 Å². The van der Waals surface area contributed by atoms with Crippen LogP contribution in [0.25, 0.3) is 5.76 Å². The Morgan fingerprint density at radius 2 is 1.97 bits per heavy atom. The highest BCUT2D eigenvalue weighted by Crippen LogP contribution is 2.45. The SMILES string of the molecule is CC(=O)c1sc(N2C(=O)C(=O)C(=C(O)c3ccc4c(c3)CC(C)O4)C2c2ccccc2F)nc1C. The van der Waals surface area contributed by atoms with E-state index in [0.29, 0.717) is 28.3 Å². The average Bonchev–Trinajstić information content (AvgIpc) is 3.46. The van der Waals surface area contributed by atoms with Gasteiger partial charge in [0.15, 0.2) is 10.9 Å². The highest BCUT2D eigenvalue weighted by atomic mass is 32.1. The van der Waals surface area contributed by atoms with Crippen LogP contribution in [0.4, 0.5) is 9.52 Å². The molecule has 35 heavy (non-hydrogen) atoms. The molecular weight excluding hydrogens is 471 g/mol. The van der Waals surface area contributed by atoms with Crippen molar-refractivity contribution in [3.63, 3.8) is 0 Å². The van der Waals surface area contributed by atoms with Crippen molar-refractivity contribution in [2.45, 2.75) is 39.3 Å². The van der Waals surface area contributed by atoms with Gasteiger partial charge in [-0.05, 0) is 43.7 Å². The van der Waals surface area contributed by atoms with Crippen molar-refractivity contribution < 1.29 is 28.6 Å². The second-order valence-electron chi connectivity index (χ2n) is 8.61. The summed E-state index contributed by atoms with van der Waals surface area (Å²) in [6.07, 6.45) is 0.614. The topological polar surface area (TPSA) is 96.8 Å². The molecule has 0 radical (unpaired) electrons. The molecule has 1 aromatic heterocycles. The Morgan fingerprint density at radius 3 is 2.66 bits per heavy atom. The van der Waals surface area contributed by atoms with Crippen molar-refractivity contribution in [1.82, 2.24) is 4.98 Å². The van der Waals surface area contributed by atoms with E-state index in [1.54, 1.807) is 31.2 Å². The number of thiazole rings is 1. The van der Waals surface area contributed by atoms with Gasteiger partial charge in [-0.1, -0.05) is 29.5 Å². The number of aromatic nitrogens is 1. The maximum absolute atomic E-state index is 15.0. The Bertz CT molecular complexity index is 1440. The van der Waals surface area contributed by atoms with E-state index in [4.69, 9.17) is 4.74 Å². The molecule has 1 N–H and O–H groups in total. The van der Waals surface area contributed by atoms with E-state index in [2.05, 4.69) is 4.98 Å². The molecule has 2 aromatic carbocycles. The Hall–Kier alpha value is -3.85. The number of rotatable bonds is 4. The van der Waals surface area contributed by atoms with Crippen LogP contribution in [-0.2, 0) is 16.0 Å². The first-order valence-electron chi connectivity index (χ1n) is 11.0. The number of nitrogens with zero attached hydrogens (tertiary/aromatic N) is 2. The molecule has 178 valence electrons. The molecule has 2 aliphatic rings. The third kappa shape index (κ3) is 3.72. The molecule has 0 aliphatic carbocycles. The standard InChI is InChI=1S/C26H21FN2O5S/c1-12-10-16-11-15(8-9-19(16)34-12)22(31)20-21(17-6-4-5-7-18(17)27)29(25(33)23(20)32)26-28-13(2)24(35-26)14(3)30/h4-9,11-12,21,31H,10H2,1-3H3. The van der Waals surface area contributed by atoms with Crippen LogP contribution in [0.15, 0.2) is 48.0 Å². The van der Waals surface area contributed by atoms with Crippen LogP contribution in [0.3, 0.4) is 0 Å². The molecule has 1 saturated heterocycles. The smallest absolute Gasteiger partial charge is 0.301 e. The third-order valence-electron chi connectivity index (χ3n) is 6.12.